The number of methoxy groups -OCH3 is 1. The highest BCUT2D eigenvalue weighted by Gasteiger charge is 2.34. The number of nitrogens with one attached hydrogen (secondary N) is 1. The molecule has 1 aromatic carbocycles. The summed E-state index contributed by atoms with van der Waals surface area (Å²) in [5.74, 6) is 2.28. The van der Waals surface area contributed by atoms with Crippen molar-refractivity contribution in [3.05, 3.63) is 29.8 Å². The molecule has 0 bridgehead atoms. The Morgan fingerprint density at radius 2 is 2.00 bits per heavy atom. The standard InChI is InChI=1S/C18H29NO2/c1-4-11-19-17-10-9-15(14(17)2)16-7-5-6-8-18(16)21-13-12-20-3/h5-8,14-15,17,19H,4,9-13H2,1-3H3. The summed E-state index contributed by atoms with van der Waals surface area (Å²) in [5, 5.41) is 3.69. The van der Waals surface area contributed by atoms with Crippen LogP contribution in [0.4, 0.5) is 0 Å². The maximum Gasteiger partial charge on any atom is 0.122 e. The molecule has 2 rings (SSSR count). The normalized spacial score (nSPS) is 25.2. The van der Waals surface area contributed by atoms with Crippen LogP contribution in [0.2, 0.25) is 0 Å². The monoisotopic (exact) mass is 291 g/mol. The maximum atomic E-state index is 5.91. The second-order valence-electron chi connectivity index (χ2n) is 5.98. The summed E-state index contributed by atoms with van der Waals surface area (Å²) < 4.78 is 11.0. The summed E-state index contributed by atoms with van der Waals surface area (Å²) in [4.78, 5) is 0. The molecule has 21 heavy (non-hydrogen) atoms. The first-order chi connectivity index (χ1) is 10.3. The van der Waals surface area contributed by atoms with Crippen LogP contribution in [0.1, 0.15) is 44.6 Å². The molecule has 1 aliphatic carbocycles. The summed E-state index contributed by atoms with van der Waals surface area (Å²) >= 11 is 0. The zero-order valence-electron chi connectivity index (χ0n) is 13.6. The Morgan fingerprint density at radius 3 is 2.76 bits per heavy atom. The van der Waals surface area contributed by atoms with Gasteiger partial charge in [-0.05, 0) is 49.3 Å². The first kappa shape index (κ1) is 16.3. The van der Waals surface area contributed by atoms with Gasteiger partial charge in [-0.3, -0.25) is 0 Å². The molecule has 1 aromatic rings. The van der Waals surface area contributed by atoms with E-state index in [1.807, 2.05) is 0 Å². The van der Waals surface area contributed by atoms with Gasteiger partial charge in [0.15, 0.2) is 0 Å². The fourth-order valence-electron chi connectivity index (χ4n) is 3.37. The highest BCUT2D eigenvalue weighted by molar-refractivity contribution is 5.37. The van der Waals surface area contributed by atoms with Crippen LogP contribution < -0.4 is 10.1 Å². The van der Waals surface area contributed by atoms with E-state index in [4.69, 9.17) is 9.47 Å². The molecule has 1 aliphatic rings. The van der Waals surface area contributed by atoms with Gasteiger partial charge >= 0.3 is 0 Å². The molecule has 0 heterocycles. The molecule has 0 radical (unpaired) electrons. The average molecular weight is 291 g/mol. The SMILES string of the molecule is CCCNC1CCC(c2ccccc2OCCOC)C1C. The zero-order valence-corrected chi connectivity index (χ0v) is 13.6. The maximum absolute atomic E-state index is 5.91. The number of hydrogen-bond acceptors (Lipinski definition) is 3. The van der Waals surface area contributed by atoms with Crippen molar-refractivity contribution < 1.29 is 9.47 Å². The molecule has 0 amide bonds. The molecule has 1 fully saturated rings. The Bertz CT molecular complexity index is 421. The van der Waals surface area contributed by atoms with Gasteiger partial charge in [-0.25, -0.2) is 0 Å². The fourth-order valence-corrected chi connectivity index (χ4v) is 3.37. The summed E-state index contributed by atoms with van der Waals surface area (Å²) in [5.41, 5.74) is 1.36. The Balaban J connectivity index is 2.04. The van der Waals surface area contributed by atoms with E-state index in [0.717, 1.165) is 12.3 Å². The van der Waals surface area contributed by atoms with Crippen LogP contribution in [0.3, 0.4) is 0 Å². The van der Waals surface area contributed by atoms with Gasteiger partial charge in [0, 0.05) is 13.2 Å². The summed E-state index contributed by atoms with van der Waals surface area (Å²) in [6.45, 7) is 6.97. The van der Waals surface area contributed by atoms with Crippen molar-refractivity contribution in [1.82, 2.24) is 5.32 Å². The minimum Gasteiger partial charge on any atom is -0.491 e. The summed E-state index contributed by atoms with van der Waals surface area (Å²) in [7, 11) is 1.71. The van der Waals surface area contributed by atoms with Crippen molar-refractivity contribution in [2.75, 3.05) is 26.9 Å². The van der Waals surface area contributed by atoms with Gasteiger partial charge in [0.1, 0.15) is 12.4 Å². The van der Waals surface area contributed by atoms with Crippen molar-refractivity contribution in [2.24, 2.45) is 5.92 Å². The Kier molecular flexibility index (Phi) is 6.52. The molecular formula is C18H29NO2. The van der Waals surface area contributed by atoms with Gasteiger partial charge in [0.25, 0.3) is 0 Å². The van der Waals surface area contributed by atoms with Gasteiger partial charge in [0.05, 0.1) is 6.61 Å². The Labute approximate surface area is 129 Å². The van der Waals surface area contributed by atoms with Crippen LogP contribution in [-0.2, 0) is 4.74 Å². The molecular weight excluding hydrogens is 262 g/mol. The van der Waals surface area contributed by atoms with Gasteiger partial charge < -0.3 is 14.8 Å². The Morgan fingerprint density at radius 1 is 1.19 bits per heavy atom. The first-order valence-corrected chi connectivity index (χ1v) is 8.22. The third-order valence-electron chi connectivity index (χ3n) is 4.58. The second kappa shape index (κ2) is 8.40. The van der Waals surface area contributed by atoms with Crippen molar-refractivity contribution in [3.63, 3.8) is 0 Å². The van der Waals surface area contributed by atoms with E-state index in [2.05, 4.69) is 43.4 Å². The van der Waals surface area contributed by atoms with Gasteiger partial charge in [-0.15, -0.1) is 0 Å². The number of para-hydroxylation sites is 1. The largest absolute Gasteiger partial charge is 0.491 e. The van der Waals surface area contributed by atoms with E-state index in [0.29, 0.717) is 31.1 Å². The van der Waals surface area contributed by atoms with E-state index >= 15 is 0 Å². The van der Waals surface area contributed by atoms with Crippen molar-refractivity contribution in [1.29, 1.82) is 0 Å². The third kappa shape index (κ3) is 4.21. The Hall–Kier alpha value is -1.06. The van der Waals surface area contributed by atoms with Crippen LogP contribution >= 0.6 is 0 Å². The summed E-state index contributed by atoms with van der Waals surface area (Å²) in [6, 6.07) is 9.13. The molecule has 3 unspecified atom stereocenters. The topological polar surface area (TPSA) is 30.5 Å². The third-order valence-corrected chi connectivity index (χ3v) is 4.58. The van der Waals surface area contributed by atoms with Crippen LogP contribution in [0, 0.1) is 5.92 Å². The summed E-state index contributed by atoms with van der Waals surface area (Å²) in [6.07, 6.45) is 3.70. The molecule has 0 saturated heterocycles. The average Bonchev–Trinajstić information content (AvgIpc) is 2.87. The number of benzene rings is 1. The fraction of sp³-hybridized carbons (Fsp3) is 0.667. The lowest BCUT2D eigenvalue weighted by molar-refractivity contribution is 0.145. The number of rotatable bonds is 8. The molecule has 0 aromatic heterocycles. The van der Waals surface area contributed by atoms with Gasteiger partial charge in [-0.1, -0.05) is 32.0 Å². The van der Waals surface area contributed by atoms with Crippen LogP contribution in [0.5, 0.6) is 5.75 Å². The number of ether oxygens (including phenoxy) is 2. The van der Waals surface area contributed by atoms with Crippen molar-refractivity contribution >= 4 is 0 Å². The predicted molar refractivity (Wildman–Crippen MR) is 87.0 cm³/mol. The molecule has 0 aliphatic heterocycles. The highest BCUT2D eigenvalue weighted by atomic mass is 16.5. The molecule has 1 saturated carbocycles. The highest BCUT2D eigenvalue weighted by Crippen LogP contribution is 2.42. The van der Waals surface area contributed by atoms with E-state index in [1.54, 1.807) is 7.11 Å². The molecule has 1 N–H and O–H groups in total. The van der Waals surface area contributed by atoms with Crippen molar-refractivity contribution in [3.8, 4) is 5.75 Å². The van der Waals surface area contributed by atoms with Crippen LogP contribution in [-0.4, -0.2) is 32.9 Å². The van der Waals surface area contributed by atoms with E-state index in [1.165, 1.54) is 24.8 Å². The molecule has 3 nitrogen and oxygen atoms in total. The van der Waals surface area contributed by atoms with Crippen LogP contribution in [0.15, 0.2) is 24.3 Å². The van der Waals surface area contributed by atoms with E-state index in [9.17, 15) is 0 Å². The molecule has 0 spiro atoms. The minimum atomic E-state index is 0.595. The minimum absolute atomic E-state index is 0.595. The van der Waals surface area contributed by atoms with E-state index < -0.39 is 0 Å². The first-order valence-electron chi connectivity index (χ1n) is 8.22. The lowest BCUT2D eigenvalue weighted by Crippen LogP contribution is -2.32. The quantitative estimate of drug-likeness (QED) is 0.742. The van der Waals surface area contributed by atoms with Crippen LogP contribution in [0.25, 0.3) is 0 Å². The van der Waals surface area contributed by atoms with E-state index in [-0.39, 0.29) is 0 Å². The molecule has 3 atom stereocenters. The van der Waals surface area contributed by atoms with Crippen molar-refractivity contribution in [2.45, 2.75) is 45.1 Å². The lowest BCUT2D eigenvalue weighted by atomic mass is 9.88. The number of hydrogen-bond donors (Lipinski definition) is 1. The zero-order chi connectivity index (χ0) is 15.1. The van der Waals surface area contributed by atoms with Gasteiger partial charge in [-0.2, -0.15) is 0 Å². The predicted octanol–water partition coefficient (Wildman–Crippen LogP) is 3.59. The molecule has 118 valence electrons. The second-order valence-corrected chi connectivity index (χ2v) is 5.98. The van der Waals surface area contributed by atoms with Gasteiger partial charge in [0.2, 0.25) is 0 Å². The lowest BCUT2D eigenvalue weighted by Gasteiger charge is -2.23. The molecule has 3 heteroatoms. The smallest absolute Gasteiger partial charge is 0.122 e.